The Kier molecular flexibility index (Phi) is 5.23. The molecule has 2 nitrogen and oxygen atoms in total. The molecule has 1 N–H and O–H groups in total. The van der Waals surface area contributed by atoms with Gasteiger partial charge >= 0.3 is 0 Å². The number of hydrogen-bond donors (Lipinski definition) is 1. The standard InChI is InChI=1S/C14H18N2S2/c1-11-12(2)18-14(16-11)10-15-8-9-17-13-6-4-3-5-7-13/h3-7,15H,8-10H2,1-2H3. The molecule has 1 aromatic carbocycles. The maximum Gasteiger partial charge on any atom is 0.107 e. The van der Waals surface area contributed by atoms with Crippen LogP contribution in [0.2, 0.25) is 0 Å². The van der Waals surface area contributed by atoms with E-state index in [1.54, 1.807) is 11.3 Å². The van der Waals surface area contributed by atoms with Crippen molar-refractivity contribution < 1.29 is 0 Å². The Morgan fingerprint density at radius 2 is 2.00 bits per heavy atom. The largest absolute Gasteiger partial charge is 0.310 e. The molecule has 0 atom stereocenters. The number of hydrogen-bond acceptors (Lipinski definition) is 4. The first-order chi connectivity index (χ1) is 8.75. The van der Waals surface area contributed by atoms with E-state index >= 15 is 0 Å². The predicted molar refractivity (Wildman–Crippen MR) is 80.5 cm³/mol. The summed E-state index contributed by atoms with van der Waals surface area (Å²) in [4.78, 5) is 7.17. The molecule has 0 bridgehead atoms. The van der Waals surface area contributed by atoms with Crippen molar-refractivity contribution >= 4 is 23.1 Å². The summed E-state index contributed by atoms with van der Waals surface area (Å²) in [6.07, 6.45) is 0. The summed E-state index contributed by atoms with van der Waals surface area (Å²) in [5.74, 6) is 1.09. The van der Waals surface area contributed by atoms with Gasteiger partial charge in [0.2, 0.25) is 0 Å². The van der Waals surface area contributed by atoms with Gasteiger partial charge in [-0.05, 0) is 26.0 Å². The minimum absolute atomic E-state index is 0.884. The Morgan fingerprint density at radius 1 is 1.22 bits per heavy atom. The van der Waals surface area contributed by atoms with Crippen LogP contribution in [0.1, 0.15) is 15.6 Å². The number of nitrogens with one attached hydrogen (secondary N) is 1. The summed E-state index contributed by atoms with van der Waals surface area (Å²) >= 11 is 3.67. The highest BCUT2D eigenvalue weighted by Gasteiger charge is 2.02. The van der Waals surface area contributed by atoms with Crippen molar-refractivity contribution in [3.63, 3.8) is 0 Å². The summed E-state index contributed by atoms with van der Waals surface area (Å²) in [7, 11) is 0. The second-order valence-corrected chi connectivity index (χ2v) is 6.54. The van der Waals surface area contributed by atoms with Crippen molar-refractivity contribution in [1.82, 2.24) is 10.3 Å². The van der Waals surface area contributed by atoms with Crippen LogP contribution < -0.4 is 5.32 Å². The first-order valence-electron chi connectivity index (χ1n) is 6.07. The number of nitrogens with zero attached hydrogens (tertiary/aromatic N) is 1. The normalized spacial score (nSPS) is 10.8. The smallest absolute Gasteiger partial charge is 0.107 e. The molecule has 0 spiro atoms. The molecule has 0 fully saturated rings. The maximum absolute atomic E-state index is 4.52. The molecule has 2 rings (SSSR count). The lowest BCUT2D eigenvalue weighted by Gasteiger charge is -2.02. The molecule has 0 radical (unpaired) electrons. The highest BCUT2D eigenvalue weighted by molar-refractivity contribution is 7.99. The zero-order valence-electron chi connectivity index (χ0n) is 10.8. The molecule has 0 aliphatic carbocycles. The van der Waals surface area contributed by atoms with Gasteiger partial charge in [-0.25, -0.2) is 4.98 Å². The van der Waals surface area contributed by atoms with Gasteiger partial charge < -0.3 is 5.32 Å². The molecule has 2 aromatic rings. The lowest BCUT2D eigenvalue weighted by Crippen LogP contribution is -2.16. The second-order valence-electron chi connectivity index (χ2n) is 4.09. The topological polar surface area (TPSA) is 24.9 Å². The fraction of sp³-hybridized carbons (Fsp3) is 0.357. The Labute approximate surface area is 117 Å². The average Bonchev–Trinajstić information content (AvgIpc) is 2.70. The van der Waals surface area contributed by atoms with Crippen LogP contribution in [0.3, 0.4) is 0 Å². The van der Waals surface area contributed by atoms with Gasteiger partial charge in [0.15, 0.2) is 0 Å². The number of thioether (sulfide) groups is 1. The molecular formula is C14H18N2S2. The van der Waals surface area contributed by atoms with Gasteiger partial charge in [0.05, 0.1) is 5.69 Å². The molecule has 1 aromatic heterocycles. The molecule has 0 saturated carbocycles. The number of aryl methyl sites for hydroxylation is 2. The molecular weight excluding hydrogens is 260 g/mol. The number of aromatic nitrogens is 1. The van der Waals surface area contributed by atoms with Crippen LogP contribution in [0.5, 0.6) is 0 Å². The van der Waals surface area contributed by atoms with Gasteiger partial charge in [-0.2, -0.15) is 0 Å². The summed E-state index contributed by atoms with van der Waals surface area (Å²) < 4.78 is 0. The highest BCUT2D eigenvalue weighted by atomic mass is 32.2. The summed E-state index contributed by atoms with van der Waals surface area (Å²) in [5, 5.41) is 4.63. The van der Waals surface area contributed by atoms with E-state index < -0.39 is 0 Å². The van der Waals surface area contributed by atoms with Crippen LogP contribution in [0, 0.1) is 13.8 Å². The van der Waals surface area contributed by atoms with Gasteiger partial charge in [0, 0.05) is 28.6 Å². The molecule has 18 heavy (non-hydrogen) atoms. The molecule has 0 aliphatic rings. The summed E-state index contributed by atoms with van der Waals surface area (Å²) in [6, 6.07) is 10.5. The monoisotopic (exact) mass is 278 g/mol. The highest BCUT2D eigenvalue weighted by Crippen LogP contribution is 2.17. The summed E-state index contributed by atoms with van der Waals surface area (Å²) in [5.41, 5.74) is 1.16. The van der Waals surface area contributed by atoms with Gasteiger partial charge in [0.25, 0.3) is 0 Å². The van der Waals surface area contributed by atoms with Crippen molar-refractivity contribution in [2.24, 2.45) is 0 Å². The predicted octanol–water partition coefficient (Wildman–Crippen LogP) is 3.64. The van der Waals surface area contributed by atoms with Crippen LogP contribution >= 0.6 is 23.1 Å². The van der Waals surface area contributed by atoms with Gasteiger partial charge in [-0.15, -0.1) is 23.1 Å². The lowest BCUT2D eigenvalue weighted by atomic mass is 10.4. The van der Waals surface area contributed by atoms with E-state index in [1.807, 2.05) is 11.8 Å². The van der Waals surface area contributed by atoms with Gasteiger partial charge in [0.1, 0.15) is 5.01 Å². The third-order valence-electron chi connectivity index (χ3n) is 2.64. The van der Waals surface area contributed by atoms with Crippen molar-refractivity contribution in [3.8, 4) is 0 Å². The second kappa shape index (κ2) is 6.92. The fourth-order valence-electron chi connectivity index (χ4n) is 1.57. The van der Waals surface area contributed by atoms with E-state index in [0.29, 0.717) is 0 Å². The summed E-state index contributed by atoms with van der Waals surface area (Å²) in [6.45, 7) is 6.09. The van der Waals surface area contributed by atoms with E-state index in [0.717, 1.165) is 24.5 Å². The first kappa shape index (κ1) is 13.6. The fourth-order valence-corrected chi connectivity index (χ4v) is 3.30. The molecule has 0 amide bonds. The molecule has 0 unspecified atom stereocenters. The molecule has 4 heteroatoms. The average molecular weight is 278 g/mol. The van der Waals surface area contributed by atoms with Crippen LogP contribution in [-0.4, -0.2) is 17.3 Å². The minimum Gasteiger partial charge on any atom is -0.310 e. The van der Waals surface area contributed by atoms with Gasteiger partial charge in [-0.1, -0.05) is 18.2 Å². The zero-order chi connectivity index (χ0) is 12.8. The van der Waals surface area contributed by atoms with Crippen LogP contribution in [0.25, 0.3) is 0 Å². The number of benzene rings is 1. The van der Waals surface area contributed by atoms with E-state index in [-0.39, 0.29) is 0 Å². The van der Waals surface area contributed by atoms with Crippen LogP contribution in [-0.2, 0) is 6.54 Å². The molecule has 1 heterocycles. The van der Waals surface area contributed by atoms with E-state index in [1.165, 1.54) is 14.8 Å². The maximum atomic E-state index is 4.52. The van der Waals surface area contributed by atoms with Gasteiger partial charge in [-0.3, -0.25) is 0 Å². The third kappa shape index (κ3) is 4.12. The lowest BCUT2D eigenvalue weighted by molar-refractivity contribution is 0.726. The molecule has 0 aliphatic heterocycles. The van der Waals surface area contributed by atoms with Crippen molar-refractivity contribution in [3.05, 3.63) is 45.9 Å². The van der Waals surface area contributed by atoms with Crippen molar-refractivity contribution in [1.29, 1.82) is 0 Å². The first-order valence-corrected chi connectivity index (χ1v) is 7.87. The van der Waals surface area contributed by atoms with E-state index in [2.05, 4.69) is 54.5 Å². The molecule has 0 saturated heterocycles. The Hall–Kier alpha value is -0.840. The van der Waals surface area contributed by atoms with Crippen LogP contribution in [0.4, 0.5) is 0 Å². The number of thiazole rings is 1. The Bertz CT molecular complexity index is 460. The Balaban J connectivity index is 1.64. The molecule has 96 valence electrons. The quantitative estimate of drug-likeness (QED) is 0.645. The van der Waals surface area contributed by atoms with Crippen molar-refractivity contribution in [2.75, 3.05) is 12.3 Å². The van der Waals surface area contributed by atoms with E-state index in [4.69, 9.17) is 0 Å². The Morgan fingerprint density at radius 3 is 2.67 bits per heavy atom. The third-order valence-corrected chi connectivity index (χ3v) is 4.73. The SMILES string of the molecule is Cc1nc(CNCCSc2ccccc2)sc1C. The zero-order valence-corrected chi connectivity index (χ0v) is 12.4. The number of rotatable bonds is 6. The minimum atomic E-state index is 0.884. The van der Waals surface area contributed by atoms with Crippen LogP contribution in [0.15, 0.2) is 35.2 Å². The van der Waals surface area contributed by atoms with E-state index in [9.17, 15) is 0 Å². The van der Waals surface area contributed by atoms with Crippen molar-refractivity contribution in [2.45, 2.75) is 25.3 Å².